The van der Waals surface area contributed by atoms with Gasteiger partial charge in [0.1, 0.15) is 6.42 Å². The molecule has 0 saturated heterocycles. The number of rotatable bonds is 7. The number of carboxylic acid groups (broad SMARTS) is 1. The topological polar surface area (TPSA) is 63.6 Å². The highest BCUT2D eigenvalue weighted by atomic mass is 35.5. The monoisotopic (exact) mass is 222 g/mol. The van der Waals surface area contributed by atoms with E-state index in [-0.39, 0.29) is 0 Å². The van der Waals surface area contributed by atoms with Crippen molar-refractivity contribution in [2.24, 2.45) is 0 Å². The average molecular weight is 223 g/mol. The SMILES string of the molecule is CCCCCC(Cl)OC(=O)CC(=O)O. The maximum atomic E-state index is 10.8. The van der Waals surface area contributed by atoms with Crippen LogP contribution >= 0.6 is 11.6 Å². The molecule has 0 heterocycles. The van der Waals surface area contributed by atoms with Crippen molar-refractivity contribution in [2.45, 2.75) is 44.6 Å². The number of esters is 1. The van der Waals surface area contributed by atoms with Crippen LogP contribution in [0.3, 0.4) is 0 Å². The van der Waals surface area contributed by atoms with Crippen LogP contribution in [0, 0.1) is 0 Å². The van der Waals surface area contributed by atoms with Crippen molar-refractivity contribution in [3.05, 3.63) is 0 Å². The van der Waals surface area contributed by atoms with Crippen LogP contribution in [0.15, 0.2) is 0 Å². The Morgan fingerprint density at radius 3 is 2.57 bits per heavy atom. The minimum Gasteiger partial charge on any atom is -0.481 e. The molecule has 0 aromatic carbocycles. The maximum absolute atomic E-state index is 10.8. The van der Waals surface area contributed by atoms with Crippen LogP contribution < -0.4 is 0 Å². The number of ether oxygens (including phenoxy) is 1. The van der Waals surface area contributed by atoms with Gasteiger partial charge in [0.25, 0.3) is 0 Å². The van der Waals surface area contributed by atoms with Gasteiger partial charge in [0.05, 0.1) is 0 Å². The minimum atomic E-state index is -1.20. The van der Waals surface area contributed by atoms with E-state index in [1.54, 1.807) is 0 Å². The molecule has 0 fully saturated rings. The normalized spacial score (nSPS) is 12.1. The molecule has 0 amide bonds. The number of alkyl halides is 1. The quantitative estimate of drug-likeness (QED) is 0.310. The van der Waals surface area contributed by atoms with E-state index in [0.717, 1.165) is 19.3 Å². The Bertz CT molecular complexity index is 193. The lowest BCUT2D eigenvalue weighted by Gasteiger charge is -2.09. The van der Waals surface area contributed by atoms with E-state index in [0.29, 0.717) is 6.42 Å². The van der Waals surface area contributed by atoms with E-state index in [4.69, 9.17) is 16.7 Å². The van der Waals surface area contributed by atoms with Crippen LogP contribution in [-0.2, 0) is 14.3 Å². The lowest BCUT2D eigenvalue weighted by molar-refractivity contribution is -0.152. The van der Waals surface area contributed by atoms with Crippen molar-refractivity contribution >= 4 is 23.5 Å². The second kappa shape index (κ2) is 7.62. The fourth-order valence-corrected chi connectivity index (χ4v) is 1.18. The van der Waals surface area contributed by atoms with Crippen LogP contribution in [0.4, 0.5) is 0 Å². The van der Waals surface area contributed by atoms with Crippen LogP contribution in [0.25, 0.3) is 0 Å². The molecule has 0 bridgehead atoms. The predicted molar refractivity (Wildman–Crippen MR) is 52.1 cm³/mol. The molecule has 0 saturated carbocycles. The third kappa shape index (κ3) is 7.86. The van der Waals surface area contributed by atoms with E-state index in [1.165, 1.54) is 0 Å². The summed E-state index contributed by atoms with van der Waals surface area (Å²) in [6.45, 7) is 2.06. The molecule has 1 unspecified atom stereocenters. The predicted octanol–water partition coefficient (Wildman–Crippen LogP) is 2.15. The Morgan fingerprint density at radius 2 is 2.07 bits per heavy atom. The summed E-state index contributed by atoms with van der Waals surface area (Å²) in [5, 5.41) is 8.27. The summed E-state index contributed by atoms with van der Waals surface area (Å²) in [5.41, 5.74) is -0.701. The molecular weight excluding hydrogens is 208 g/mol. The highest BCUT2D eigenvalue weighted by molar-refractivity contribution is 6.20. The van der Waals surface area contributed by atoms with Gasteiger partial charge in [-0.3, -0.25) is 9.59 Å². The maximum Gasteiger partial charge on any atom is 0.318 e. The molecule has 0 radical (unpaired) electrons. The first-order valence-corrected chi connectivity index (χ1v) is 5.05. The summed E-state index contributed by atoms with van der Waals surface area (Å²) < 4.78 is 4.65. The average Bonchev–Trinajstić information content (AvgIpc) is 2.02. The first kappa shape index (κ1) is 13.2. The zero-order chi connectivity index (χ0) is 11.0. The minimum absolute atomic E-state index is 0.570. The molecule has 0 aliphatic heterocycles. The van der Waals surface area contributed by atoms with Gasteiger partial charge in [-0.25, -0.2) is 0 Å². The van der Waals surface area contributed by atoms with Gasteiger partial charge in [0.15, 0.2) is 5.56 Å². The number of hydrogen-bond acceptors (Lipinski definition) is 3. The standard InChI is InChI=1S/C9H15ClO4/c1-2-3-4-5-7(10)14-9(13)6-8(11)12/h7H,2-6H2,1H3,(H,11,12). The smallest absolute Gasteiger partial charge is 0.318 e. The van der Waals surface area contributed by atoms with Crippen molar-refractivity contribution in [3.8, 4) is 0 Å². The lowest BCUT2D eigenvalue weighted by Crippen LogP contribution is -2.15. The number of aliphatic carboxylic acids is 1. The Morgan fingerprint density at radius 1 is 1.43 bits per heavy atom. The van der Waals surface area contributed by atoms with Crippen molar-refractivity contribution in [1.29, 1.82) is 0 Å². The van der Waals surface area contributed by atoms with E-state index >= 15 is 0 Å². The summed E-state index contributed by atoms with van der Waals surface area (Å²) in [6, 6.07) is 0. The fraction of sp³-hybridized carbons (Fsp3) is 0.778. The van der Waals surface area contributed by atoms with Crippen molar-refractivity contribution in [3.63, 3.8) is 0 Å². The molecule has 0 spiro atoms. The van der Waals surface area contributed by atoms with Gasteiger partial charge < -0.3 is 9.84 Å². The zero-order valence-corrected chi connectivity index (χ0v) is 8.92. The zero-order valence-electron chi connectivity index (χ0n) is 8.16. The van der Waals surface area contributed by atoms with Gasteiger partial charge >= 0.3 is 11.9 Å². The number of carboxylic acids is 1. The molecule has 0 aromatic rings. The van der Waals surface area contributed by atoms with Gasteiger partial charge in [-0.1, -0.05) is 31.4 Å². The van der Waals surface area contributed by atoms with Gasteiger partial charge in [0, 0.05) is 0 Å². The molecule has 0 rings (SSSR count). The first-order chi connectivity index (χ1) is 6.56. The molecule has 1 N–H and O–H groups in total. The van der Waals surface area contributed by atoms with Crippen LogP contribution in [0.5, 0.6) is 0 Å². The van der Waals surface area contributed by atoms with Gasteiger partial charge in [0.2, 0.25) is 0 Å². The number of carbonyl (C=O) groups is 2. The summed E-state index contributed by atoms with van der Waals surface area (Å²) >= 11 is 5.66. The molecule has 0 aliphatic carbocycles. The van der Waals surface area contributed by atoms with Crippen LogP contribution in [0.2, 0.25) is 0 Å². The van der Waals surface area contributed by atoms with Crippen LogP contribution in [0.1, 0.15) is 39.0 Å². The summed E-state index contributed by atoms with van der Waals surface area (Å²) in [7, 11) is 0. The molecule has 0 aromatic heterocycles. The number of carbonyl (C=O) groups excluding carboxylic acids is 1. The highest BCUT2D eigenvalue weighted by Gasteiger charge is 2.13. The van der Waals surface area contributed by atoms with E-state index in [9.17, 15) is 9.59 Å². The molecule has 0 aliphatic rings. The second-order valence-electron chi connectivity index (χ2n) is 2.97. The molecule has 5 heteroatoms. The molecule has 82 valence electrons. The Balaban J connectivity index is 3.55. The van der Waals surface area contributed by atoms with E-state index in [1.807, 2.05) is 0 Å². The van der Waals surface area contributed by atoms with Crippen molar-refractivity contribution in [1.82, 2.24) is 0 Å². The van der Waals surface area contributed by atoms with Crippen LogP contribution in [-0.4, -0.2) is 22.6 Å². The summed E-state index contributed by atoms with van der Waals surface area (Å²) in [5.74, 6) is -1.98. The van der Waals surface area contributed by atoms with Crippen molar-refractivity contribution < 1.29 is 19.4 Å². The summed E-state index contributed by atoms with van der Waals surface area (Å²) in [4.78, 5) is 20.9. The Kier molecular flexibility index (Phi) is 7.20. The number of halogens is 1. The summed E-state index contributed by atoms with van der Waals surface area (Å²) in [6.07, 6.45) is 2.91. The first-order valence-electron chi connectivity index (χ1n) is 4.61. The second-order valence-corrected chi connectivity index (χ2v) is 3.45. The highest BCUT2D eigenvalue weighted by Crippen LogP contribution is 2.11. The fourth-order valence-electron chi connectivity index (χ4n) is 0.922. The lowest BCUT2D eigenvalue weighted by atomic mass is 10.2. The van der Waals surface area contributed by atoms with Gasteiger partial charge in [-0.05, 0) is 12.8 Å². The van der Waals surface area contributed by atoms with Gasteiger partial charge in [-0.15, -0.1) is 0 Å². The molecular formula is C9H15ClO4. The Hall–Kier alpha value is -0.770. The number of unbranched alkanes of at least 4 members (excludes halogenated alkanes) is 2. The molecule has 4 nitrogen and oxygen atoms in total. The molecule has 14 heavy (non-hydrogen) atoms. The van der Waals surface area contributed by atoms with E-state index in [2.05, 4.69) is 11.7 Å². The Labute approximate surface area is 88.2 Å². The van der Waals surface area contributed by atoms with Gasteiger partial charge in [-0.2, -0.15) is 0 Å². The third-order valence-corrected chi connectivity index (χ3v) is 1.90. The molecule has 1 atom stereocenters. The third-order valence-electron chi connectivity index (χ3n) is 1.59. The van der Waals surface area contributed by atoms with E-state index < -0.39 is 23.9 Å². The van der Waals surface area contributed by atoms with Crippen molar-refractivity contribution in [2.75, 3.05) is 0 Å². The number of hydrogen-bond donors (Lipinski definition) is 1. The largest absolute Gasteiger partial charge is 0.481 e.